The summed E-state index contributed by atoms with van der Waals surface area (Å²) >= 11 is 0. The highest BCUT2D eigenvalue weighted by molar-refractivity contribution is 5.95. The predicted molar refractivity (Wildman–Crippen MR) is 133 cm³/mol. The van der Waals surface area contributed by atoms with Gasteiger partial charge in [0.1, 0.15) is 18.1 Å². The van der Waals surface area contributed by atoms with Crippen LogP contribution in [0, 0.1) is 45.8 Å². The van der Waals surface area contributed by atoms with Crippen LogP contribution in [0.25, 0.3) is 0 Å². The number of amides is 4. The van der Waals surface area contributed by atoms with Gasteiger partial charge in [-0.05, 0) is 62.7 Å². The third kappa shape index (κ3) is 5.34. The fourth-order valence-electron chi connectivity index (χ4n) is 6.72. The van der Waals surface area contributed by atoms with Crippen LogP contribution < -0.4 is 16.0 Å². The van der Waals surface area contributed by atoms with E-state index < -0.39 is 59.6 Å². The molecule has 14 heteroatoms. The number of halogens is 3. The van der Waals surface area contributed by atoms with Gasteiger partial charge < -0.3 is 25.6 Å². The largest absolute Gasteiger partial charge is 0.471 e. The van der Waals surface area contributed by atoms with E-state index in [1.807, 2.05) is 26.0 Å². The first kappa shape index (κ1) is 29.1. The van der Waals surface area contributed by atoms with E-state index in [9.17, 15) is 42.9 Å². The molecule has 0 aromatic rings. The first-order chi connectivity index (χ1) is 19.1. The quantitative estimate of drug-likeness (QED) is 0.368. The first-order valence-electron chi connectivity index (χ1n) is 13.9. The van der Waals surface area contributed by atoms with E-state index >= 15 is 0 Å². The van der Waals surface area contributed by atoms with Crippen molar-refractivity contribution in [2.75, 3.05) is 6.54 Å². The lowest BCUT2D eigenvalue weighted by atomic mass is 9.95. The van der Waals surface area contributed by atoms with E-state index in [0.717, 1.165) is 17.7 Å². The molecule has 2 saturated heterocycles. The van der Waals surface area contributed by atoms with E-state index in [4.69, 9.17) is 4.74 Å². The summed E-state index contributed by atoms with van der Waals surface area (Å²) in [6, 6.07) is 0.0372. The number of hydrogen-bond acceptors (Lipinski definition) is 7. The summed E-state index contributed by atoms with van der Waals surface area (Å²) in [6.07, 6.45) is -3.47. The van der Waals surface area contributed by atoms with Gasteiger partial charge in [0.25, 0.3) is 0 Å². The number of hydrogen-bond donors (Lipinski definition) is 3. The van der Waals surface area contributed by atoms with Gasteiger partial charge in [0.2, 0.25) is 17.7 Å². The number of ether oxygens (including phenoxy) is 1. The van der Waals surface area contributed by atoms with E-state index in [1.165, 1.54) is 6.92 Å². The second-order valence-electron chi connectivity index (χ2n) is 12.9. The molecule has 5 fully saturated rings. The number of fused-ring (bicyclic) bond motifs is 1. The van der Waals surface area contributed by atoms with Crippen LogP contribution in [-0.4, -0.2) is 76.6 Å². The molecule has 0 radical (unpaired) electrons. The Hall–Kier alpha value is -3.39. The van der Waals surface area contributed by atoms with Crippen molar-refractivity contribution < 1.29 is 37.1 Å². The third-order valence-electron chi connectivity index (χ3n) is 9.60. The average molecular weight is 579 g/mol. The molecule has 6 unspecified atom stereocenters. The molecule has 0 aromatic carbocycles. The number of carbonyl (C=O) groups is 4. The molecule has 5 aliphatic rings. The van der Waals surface area contributed by atoms with Crippen molar-refractivity contribution in [1.82, 2.24) is 20.9 Å². The Morgan fingerprint density at radius 3 is 2.34 bits per heavy atom. The molecule has 3 aliphatic carbocycles. The van der Waals surface area contributed by atoms with Gasteiger partial charge in [-0.25, -0.2) is 0 Å². The molecule has 1 spiro atoms. The third-order valence-corrected chi connectivity index (χ3v) is 9.60. The van der Waals surface area contributed by atoms with Crippen molar-refractivity contribution in [2.24, 2.45) is 23.2 Å². The van der Waals surface area contributed by atoms with Crippen molar-refractivity contribution in [3.63, 3.8) is 0 Å². The van der Waals surface area contributed by atoms with Crippen molar-refractivity contribution >= 4 is 23.6 Å². The smallest absolute Gasteiger partial charge is 0.355 e. The highest BCUT2D eigenvalue weighted by atomic mass is 19.4. The van der Waals surface area contributed by atoms with Gasteiger partial charge in [-0.1, -0.05) is 13.8 Å². The molecule has 5 rings (SSSR count). The van der Waals surface area contributed by atoms with Crippen LogP contribution in [0.5, 0.6) is 0 Å². The Balaban J connectivity index is 1.33. The zero-order valence-corrected chi connectivity index (χ0v) is 23.0. The van der Waals surface area contributed by atoms with Gasteiger partial charge >= 0.3 is 12.1 Å². The minimum atomic E-state index is -5.28. The van der Waals surface area contributed by atoms with Crippen molar-refractivity contribution in [2.45, 2.75) is 101 Å². The van der Waals surface area contributed by atoms with Crippen molar-refractivity contribution in [1.29, 1.82) is 10.5 Å². The second kappa shape index (κ2) is 9.58. The normalized spacial score (nSPS) is 31.5. The topological polar surface area (TPSA) is 164 Å². The molecule has 3 saturated carbocycles. The molecule has 2 aliphatic heterocycles. The maximum absolute atomic E-state index is 13.8. The zero-order chi connectivity index (χ0) is 30.1. The summed E-state index contributed by atoms with van der Waals surface area (Å²) < 4.78 is 45.2. The Bertz CT molecular complexity index is 1250. The van der Waals surface area contributed by atoms with Crippen molar-refractivity contribution in [3.05, 3.63) is 0 Å². The molecule has 2 heterocycles. The zero-order valence-electron chi connectivity index (χ0n) is 23.0. The minimum absolute atomic E-state index is 0.0634. The summed E-state index contributed by atoms with van der Waals surface area (Å²) in [5.41, 5.74) is -1.78. The lowest BCUT2D eigenvalue weighted by Gasteiger charge is -2.35. The predicted octanol–water partition coefficient (Wildman–Crippen LogP) is 1.04. The van der Waals surface area contributed by atoms with E-state index in [0.29, 0.717) is 19.3 Å². The van der Waals surface area contributed by atoms with Crippen LogP contribution in [0.3, 0.4) is 0 Å². The molecule has 41 heavy (non-hydrogen) atoms. The van der Waals surface area contributed by atoms with Gasteiger partial charge in [-0.15, -0.1) is 0 Å². The maximum atomic E-state index is 13.8. The van der Waals surface area contributed by atoms with Crippen LogP contribution in [0.1, 0.15) is 59.3 Å². The average Bonchev–Trinajstić information content (AvgIpc) is 3.83. The monoisotopic (exact) mass is 578 g/mol. The van der Waals surface area contributed by atoms with E-state index in [1.54, 1.807) is 5.32 Å². The van der Waals surface area contributed by atoms with E-state index in [-0.39, 0.29) is 41.7 Å². The molecular formula is C27H33F3N6O5. The molecule has 0 bridgehead atoms. The summed E-state index contributed by atoms with van der Waals surface area (Å²) in [5, 5.41) is 26.5. The molecule has 11 nitrogen and oxygen atoms in total. The highest BCUT2D eigenvalue weighted by Crippen LogP contribution is 2.65. The summed E-state index contributed by atoms with van der Waals surface area (Å²) in [4.78, 5) is 52.8. The van der Waals surface area contributed by atoms with Gasteiger partial charge in [0.05, 0.1) is 18.2 Å². The van der Waals surface area contributed by atoms with Crippen LogP contribution in [0.4, 0.5) is 13.2 Å². The molecular weight excluding hydrogens is 545 g/mol. The summed E-state index contributed by atoms with van der Waals surface area (Å²) in [7, 11) is 0. The number of nitrogens with zero attached hydrogens (tertiary/aromatic N) is 3. The SMILES string of the molecule is CC(OC1(C#N)CC1)C(NC(=O)C(F)(F)F)C(=O)N1CC2[C@H](C1C(=O)NC(C#N)CC1CC3(CC3)NC1=O)C2(C)C. The molecule has 7 atom stereocenters. The van der Waals surface area contributed by atoms with Gasteiger partial charge in [0.15, 0.2) is 5.60 Å². The lowest BCUT2D eigenvalue weighted by Crippen LogP contribution is -2.61. The van der Waals surface area contributed by atoms with Gasteiger partial charge in [-0.2, -0.15) is 23.7 Å². The lowest BCUT2D eigenvalue weighted by molar-refractivity contribution is -0.177. The fourth-order valence-corrected chi connectivity index (χ4v) is 6.72. The fraction of sp³-hybridized carbons (Fsp3) is 0.778. The number of nitriles is 2. The van der Waals surface area contributed by atoms with Crippen LogP contribution >= 0.6 is 0 Å². The first-order valence-corrected chi connectivity index (χ1v) is 13.9. The Morgan fingerprint density at radius 2 is 1.83 bits per heavy atom. The number of likely N-dealkylation sites (tertiary alicyclic amines) is 1. The standard InChI is InChI=1S/C27H33F3N6O5/c1-13(41-26(12-32)6-7-26)18(34-23(40)27(28,29)30)22(39)36-11-16-17(24(16,2)3)19(36)21(38)33-15(10-31)8-14-9-25(4-5-25)35-20(14)37/h13-19H,4-9,11H2,1-3H3,(H,33,38)(H,34,40)(H,35,37)/t13?,14?,15?,16?,17-,18?,19?/m1/s1. The number of piperidine rings is 1. The Morgan fingerprint density at radius 1 is 1.17 bits per heavy atom. The number of rotatable bonds is 9. The number of carbonyl (C=O) groups excluding carboxylic acids is 4. The number of alkyl halides is 3. The van der Waals surface area contributed by atoms with Crippen LogP contribution in [-0.2, 0) is 23.9 Å². The molecule has 4 amide bonds. The molecule has 222 valence electrons. The molecule has 3 N–H and O–H groups in total. The van der Waals surface area contributed by atoms with Crippen LogP contribution in [0.2, 0.25) is 0 Å². The van der Waals surface area contributed by atoms with Gasteiger partial charge in [0, 0.05) is 18.0 Å². The Labute approximate surface area is 235 Å². The van der Waals surface area contributed by atoms with Gasteiger partial charge in [-0.3, -0.25) is 19.2 Å². The Kier molecular flexibility index (Phi) is 6.80. The van der Waals surface area contributed by atoms with Crippen LogP contribution in [0.15, 0.2) is 0 Å². The number of nitrogens with one attached hydrogen (secondary N) is 3. The minimum Gasteiger partial charge on any atom is -0.355 e. The summed E-state index contributed by atoms with van der Waals surface area (Å²) in [6.45, 7) is 5.20. The highest BCUT2D eigenvalue weighted by Gasteiger charge is 2.70. The second-order valence-corrected chi connectivity index (χ2v) is 12.9. The van der Waals surface area contributed by atoms with E-state index in [2.05, 4.69) is 10.6 Å². The van der Waals surface area contributed by atoms with Crippen molar-refractivity contribution in [3.8, 4) is 12.1 Å². The maximum Gasteiger partial charge on any atom is 0.471 e. The summed E-state index contributed by atoms with van der Waals surface area (Å²) in [5.74, 6) is -4.98. The molecule has 0 aromatic heterocycles.